The highest BCUT2D eigenvalue weighted by atomic mass is 127. The monoisotopic (exact) mass is 507 g/mol. The minimum absolute atomic E-state index is 0. The Morgan fingerprint density at radius 3 is 2.82 bits per heavy atom. The average Bonchev–Trinajstić information content (AvgIpc) is 3.34. The highest BCUT2D eigenvalue weighted by Crippen LogP contribution is 2.12. The van der Waals surface area contributed by atoms with Gasteiger partial charge in [-0.1, -0.05) is 5.16 Å². The molecule has 9 heteroatoms. The van der Waals surface area contributed by atoms with Crippen LogP contribution in [-0.2, 0) is 16.0 Å². The van der Waals surface area contributed by atoms with Gasteiger partial charge in [0, 0.05) is 71.5 Å². The van der Waals surface area contributed by atoms with E-state index in [4.69, 9.17) is 14.0 Å². The standard InChI is InChI=1S/C19H33N5O3.HI/c1-16-12-18(22-27-16)13-23-6-8-24(9-7-23)19(20-2)21-5-3-10-25-14-17-4-11-26-15-17;/h12,17H,3-11,13-15H2,1-2H3,(H,20,21);1H. The highest BCUT2D eigenvalue weighted by molar-refractivity contribution is 14.0. The van der Waals surface area contributed by atoms with Gasteiger partial charge in [0.25, 0.3) is 0 Å². The second-order valence-electron chi connectivity index (χ2n) is 7.32. The molecule has 0 radical (unpaired) electrons. The fourth-order valence-electron chi connectivity index (χ4n) is 3.51. The molecule has 160 valence electrons. The van der Waals surface area contributed by atoms with E-state index in [-0.39, 0.29) is 24.0 Å². The number of guanidine groups is 1. The Hall–Kier alpha value is -0.910. The van der Waals surface area contributed by atoms with Gasteiger partial charge in [0.2, 0.25) is 0 Å². The van der Waals surface area contributed by atoms with E-state index in [0.29, 0.717) is 5.92 Å². The number of piperazine rings is 1. The first kappa shape index (κ1) is 23.4. The summed E-state index contributed by atoms with van der Waals surface area (Å²) in [6.07, 6.45) is 2.12. The van der Waals surface area contributed by atoms with Crippen LogP contribution in [0.5, 0.6) is 0 Å². The number of aromatic nitrogens is 1. The molecule has 0 aromatic carbocycles. The van der Waals surface area contributed by atoms with Crippen molar-refractivity contribution in [2.24, 2.45) is 10.9 Å². The van der Waals surface area contributed by atoms with Gasteiger partial charge < -0.3 is 24.2 Å². The molecule has 28 heavy (non-hydrogen) atoms. The first-order valence-corrected chi connectivity index (χ1v) is 10.00. The third-order valence-corrected chi connectivity index (χ3v) is 5.07. The predicted molar refractivity (Wildman–Crippen MR) is 119 cm³/mol. The van der Waals surface area contributed by atoms with Crippen LogP contribution in [0.2, 0.25) is 0 Å². The van der Waals surface area contributed by atoms with E-state index in [2.05, 4.69) is 25.3 Å². The summed E-state index contributed by atoms with van der Waals surface area (Å²) < 4.78 is 16.3. The minimum Gasteiger partial charge on any atom is -0.381 e. The third kappa shape index (κ3) is 7.49. The molecule has 0 bridgehead atoms. The zero-order valence-electron chi connectivity index (χ0n) is 17.1. The molecule has 2 aliphatic rings. The summed E-state index contributed by atoms with van der Waals surface area (Å²) >= 11 is 0. The number of hydrogen-bond acceptors (Lipinski definition) is 6. The van der Waals surface area contributed by atoms with Crippen molar-refractivity contribution in [2.75, 3.05) is 66.2 Å². The molecule has 0 aliphatic carbocycles. The molecule has 0 spiro atoms. The maximum atomic E-state index is 5.76. The molecule has 1 aromatic rings. The normalized spacial score (nSPS) is 21.0. The molecule has 8 nitrogen and oxygen atoms in total. The van der Waals surface area contributed by atoms with Gasteiger partial charge in [-0.15, -0.1) is 24.0 Å². The highest BCUT2D eigenvalue weighted by Gasteiger charge is 2.20. The van der Waals surface area contributed by atoms with Gasteiger partial charge in [0.15, 0.2) is 5.96 Å². The molecule has 2 saturated heterocycles. The van der Waals surface area contributed by atoms with E-state index < -0.39 is 0 Å². The number of aliphatic imine (C=N–C) groups is 1. The van der Waals surface area contributed by atoms with Crippen LogP contribution in [0.15, 0.2) is 15.6 Å². The van der Waals surface area contributed by atoms with E-state index in [1.165, 1.54) is 0 Å². The van der Waals surface area contributed by atoms with Crippen molar-refractivity contribution in [1.29, 1.82) is 0 Å². The first-order chi connectivity index (χ1) is 13.2. The van der Waals surface area contributed by atoms with E-state index >= 15 is 0 Å². The maximum Gasteiger partial charge on any atom is 0.193 e. The molecule has 1 unspecified atom stereocenters. The number of ether oxygens (including phenoxy) is 2. The van der Waals surface area contributed by atoms with Crippen molar-refractivity contribution < 1.29 is 14.0 Å². The Balaban J connectivity index is 0.00000280. The Kier molecular flexibility index (Phi) is 10.5. The number of rotatable bonds is 8. The second kappa shape index (κ2) is 12.6. The Morgan fingerprint density at radius 1 is 1.36 bits per heavy atom. The number of aryl methyl sites for hydroxylation is 1. The van der Waals surface area contributed by atoms with Gasteiger partial charge in [-0.25, -0.2) is 0 Å². The number of halogens is 1. The van der Waals surface area contributed by atoms with Crippen LogP contribution in [0.1, 0.15) is 24.3 Å². The van der Waals surface area contributed by atoms with Crippen LogP contribution in [0.25, 0.3) is 0 Å². The van der Waals surface area contributed by atoms with E-state index in [9.17, 15) is 0 Å². The Bertz CT molecular complexity index is 584. The number of nitrogens with zero attached hydrogens (tertiary/aromatic N) is 4. The van der Waals surface area contributed by atoms with E-state index in [1.54, 1.807) is 0 Å². The van der Waals surface area contributed by atoms with Gasteiger partial charge in [-0.2, -0.15) is 0 Å². The largest absolute Gasteiger partial charge is 0.381 e. The number of nitrogens with one attached hydrogen (secondary N) is 1. The van der Waals surface area contributed by atoms with E-state index in [0.717, 1.165) is 96.0 Å². The summed E-state index contributed by atoms with van der Waals surface area (Å²) in [5.41, 5.74) is 1.01. The topological polar surface area (TPSA) is 75.4 Å². The van der Waals surface area contributed by atoms with Crippen LogP contribution in [0.4, 0.5) is 0 Å². The lowest BCUT2D eigenvalue weighted by molar-refractivity contribution is 0.0886. The zero-order valence-corrected chi connectivity index (χ0v) is 19.4. The summed E-state index contributed by atoms with van der Waals surface area (Å²) in [5.74, 6) is 2.44. The molecule has 0 saturated carbocycles. The van der Waals surface area contributed by atoms with Gasteiger partial charge in [-0.3, -0.25) is 9.89 Å². The van der Waals surface area contributed by atoms with Crippen molar-refractivity contribution >= 4 is 29.9 Å². The van der Waals surface area contributed by atoms with Crippen LogP contribution in [0.3, 0.4) is 0 Å². The van der Waals surface area contributed by atoms with Crippen molar-refractivity contribution in [1.82, 2.24) is 20.3 Å². The fourth-order valence-corrected chi connectivity index (χ4v) is 3.51. The average molecular weight is 507 g/mol. The molecular weight excluding hydrogens is 473 g/mol. The fraction of sp³-hybridized carbons (Fsp3) is 0.789. The van der Waals surface area contributed by atoms with Crippen molar-refractivity contribution in [2.45, 2.75) is 26.3 Å². The Morgan fingerprint density at radius 2 is 2.18 bits per heavy atom. The molecule has 1 aromatic heterocycles. The van der Waals surface area contributed by atoms with Crippen LogP contribution >= 0.6 is 24.0 Å². The summed E-state index contributed by atoms with van der Waals surface area (Å²) in [6, 6.07) is 2.01. The zero-order chi connectivity index (χ0) is 18.9. The van der Waals surface area contributed by atoms with Gasteiger partial charge in [-0.05, 0) is 19.8 Å². The van der Waals surface area contributed by atoms with Gasteiger partial charge in [0.1, 0.15) is 5.76 Å². The summed E-state index contributed by atoms with van der Waals surface area (Å²) in [5, 5.41) is 7.55. The smallest absolute Gasteiger partial charge is 0.193 e. The van der Waals surface area contributed by atoms with Crippen LogP contribution in [0, 0.1) is 12.8 Å². The molecule has 3 heterocycles. The Labute approximate surface area is 185 Å². The summed E-state index contributed by atoms with van der Waals surface area (Å²) in [7, 11) is 1.85. The molecule has 0 amide bonds. The maximum absolute atomic E-state index is 5.76. The van der Waals surface area contributed by atoms with Gasteiger partial charge >= 0.3 is 0 Å². The SMILES string of the molecule is CN=C(NCCCOCC1CCOC1)N1CCN(Cc2cc(C)on2)CC1.I. The lowest BCUT2D eigenvalue weighted by Gasteiger charge is -2.36. The molecule has 2 fully saturated rings. The second-order valence-corrected chi connectivity index (χ2v) is 7.32. The molecule has 1 atom stereocenters. The minimum atomic E-state index is 0. The first-order valence-electron chi connectivity index (χ1n) is 10.00. The molecule has 3 rings (SSSR count). The predicted octanol–water partition coefficient (Wildman–Crippen LogP) is 1.74. The number of hydrogen-bond donors (Lipinski definition) is 1. The quantitative estimate of drug-likeness (QED) is 0.249. The molecule has 1 N–H and O–H groups in total. The van der Waals surface area contributed by atoms with E-state index in [1.807, 2.05) is 20.0 Å². The lowest BCUT2D eigenvalue weighted by Crippen LogP contribution is -2.52. The summed E-state index contributed by atoms with van der Waals surface area (Å²) in [4.78, 5) is 9.16. The summed E-state index contributed by atoms with van der Waals surface area (Å²) in [6.45, 7) is 10.9. The van der Waals surface area contributed by atoms with Gasteiger partial charge in [0.05, 0.1) is 18.9 Å². The van der Waals surface area contributed by atoms with Crippen molar-refractivity contribution in [3.63, 3.8) is 0 Å². The van der Waals surface area contributed by atoms with Crippen molar-refractivity contribution in [3.05, 3.63) is 17.5 Å². The van der Waals surface area contributed by atoms with Crippen LogP contribution in [-0.4, -0.2) is 87.1 Å². The van der Waals surface area contributed by atoms with Crippen LogP contribution < -0.4 is 5.32 Å². The lowest BCUT2D eigenvalue weighted by atomic mass is 10.1. The molecular formula is C19H34IN5O3. The van der Waals surface area contributed by atoms with Crippen molar-refractivity contribution in [3.8, 4) is 0 Å². The third-order valence-electron chi connectivity index (χ3n) is 5.07. The molecule has 2 aliphatic heterocycles.